The van der Waals surface area contributed by atoms with Crippen LogP contribution in [0.25, 0.3) is 0 Å². The third-order valence-electron chi connectivity index (χ3n) is 5.40. The predicted molar refractivity (Wildman–Crippen MR) is 116 cm³/mol. The summed E-state index contributed by atoms with van der Waals surface area (Å²) in [6.07, 6.45) is 1.91. The van der Waals surface area contributed by atoms with Gasteiger partial charge in [-0.15, -0.1) is 0 Å². The Kier molecular flexibility index (Phi) is 5.67. The van der Waals surface area contributed by atoms with Crippen molar-refractivity contribution in [1.82, 2.24) is 5.32 Å². The largest absolute Gasteiger partial charge is 0.362 e. The van der Waals surface area contributed by atoms with Crippen LogP contribution in [0, 0.1) is 5.82 Å². The minimum absolute atomic E-state index is 0.000603. The SMILES string of the molecule is CC1=C(C(=O)Nc2ccc(F)cc2)C(c2ccc(Cl)cc2Cl)C2=C(CCCC2=O)N1. The van der Waals surface area contributed by atoms with Crippen LogP contribution in [0.2, 0.25) is 10.0 Å². The van der Waals surface area contributed by atoms with E-state index >= 15 is 0 Å². The van der Waals surface area contributed by atoms with Gasteiger partial charge in [-0.3, -0.25) is 9.59 Å². The summed E-state index contributed by atoms with van der Waals surface area (Å²) in [6.45, 7) is 1.80. The zero-order valence-electron chi connectivity index (χ0n) is 16.2. The minimum atomic E-state index is -0.612. The third kappa shape index (κ3) is 3.87. The topological polar surface area (TPSA) is 58.2 Å². The molecule has 1 aliphatic heterocycles. The van der Waals surface area contributed by atoms with Crippen LogP contribution in [0.15, 0.2) is 65.0 Å². The highest BCUT2D eigenvalue weighted by Crippen LogP contribution is 2.44. The lowest BCUT2D eigenvalue weighted by Gasteiger charge is -2.35. The lowest BCUT2D eigenvalue weighted by molar-refractivity contribution is -0.116. The Labute approximate surface area is 183 Å². The van der Waals surface area contributed by atoms with Crippen LogP contribution in [0.3, 0.4) is 0 Å². The summed E-state index contributed by atoms with van der Waals surface area (Å²) in [4.78, 5) is 26.2. The highest BCUT2D eigenvalue weighted by atomic mass is 35.5. The second-order valence-electron chi connectivity index (χ2n) is 7.39. The molecule has 154 valence electrons. The molecule has 4 rings (SSSR count). The molecule has 0 fully saturated rings. The molecule has 2 aromatic carbocycles. The number of benzene rings is 2. The van der Waals surface area contributed by atoms with Crippen molar-refractivity contribution in [3.63, 3.8) is 0 Å². The molecule has 0 bridgehead atoms. The fourth-order valence-corrected chi connectivity index (χ4v) is 4.58. The van der Waals surface area contributed by atoms with Crippen molar-refractivity contribution < 1.29 is 14.0 Å². The smallest absolute Gasteiger partial charge is 0.254 e. The van der Waals surface area contributed by atoms with Gasteiger partial charge < -0.3 is 10.6 Å². The number of rotatable bonds is 3. The quantitative estimate of drug-likeness (QED) is 0.634. The van der Waals surface area contributed by atoms with Crippen LogP contribution in [0.4, 0.5) is 10.1 Å². The third-order valence-corrected chi connectivity index (χ3v) is 5.96. The Bertz CT molecular complexity index is 1110. The van der Waals surface area contributed by atoms with E-state index in [1.165, 1.54) is 24.3 Å². The first-order chi connectivity index (χ1) is 14.3. The number of carbonyl (C=O) groups excluding carboxylic acids is 2. The van der Waals surface area contributed by atoms with E-state index in [-0.39, 0.29) is 11.7 Å². The molecule has 0 saturated carbocycles. The Morgan fingerprint density at radius 2 is 1.87 bits per heavy atom. The van der Waals surface area contributed by atoms with E-state index in [1.54, 1.807) is 25.1 Å². The number of amides is 1. The molecule has 30 heavy (non-hydrogen) atoms. The number of carbonyl (C=O) groups is 2. The summed E-state index contributed by atoms with van der Waals surface area (Å²) >= 11 is 12.6. The van der Waals surface area contributed by atoms with Gasteiger partial charge in [0.05, 0.1) is 0 Å². The van der Waals surface area contributed by atoms with Gasteiger partial charge in [0.25, 0.3) is 5.91 Å². The molecule has 1 unspecified atom stereocenters. The van der Waals surface area contributed by atoms with Gasteiger partial charge in [-0.25, -0.2) is 4.39 Å². The van der Waals surface area contributed by atoms with E-state index < -0.39 is 11.7 Å². The van der Waals surface area contributed by atoms with Crippen LogP contribution in [-0.4, -0.2) is 11.7 Å². The fraction of sp³-hybridized carbons (Fsp3) is 0.217. The Hall–Kier alpha value is -2.63. The van der Waals surface area contributed by atoms with E-state index in [2.05, 4.69) is 10.6 Å². The van der Waals surface area contributed by atoms with Crippen LogP contribution in [0.5, 0.6) is 0 Å². The van der Waals surface area contributed by atoms with Crippen LogP contribution in [0.1, 0.15) is 37.7 Å². The van der Waals surface area contributed by atoms with Gasteiger partial charge in [0, 0.05) is 50.6 Å². The van der Waals surface area contributed by atoms with Crippen molar-refractivity contribution in [2.24, 2.45) is 0 Å². The van der Waals surface area contributed by atoms with E-state index in [4.69, 9.17) is 23.2 Å². The lowest BCUT2D eigenvalue weighted by Crippen LogP contribution is -2.35. The van der Waals surface area contributed by atoms with Crippen molar-refractivity contribution >= 4 is 40.6 Å². The predicted octanol–water partition coefficient (Wildman–Crippen LogP) is 5.74. The van der Waals surface area contributed by atoms with Gasteiger partial charge in [0.15, 0.2) is 5.78 Å². The van der Waals surface area contributed by atoms with Gasteiger partial charge in [0.2, 0.25) is 0 Å². The van der Waals surface area contributed by atoms with Gasteiger partial charge in [-0.2, -0.15) is 0 Å². The summed E-state index contributed by atoms with van der Waals surface area (Å²) in [7, 11) is 0. The number of nitrogens with one attached hydrogen (secondary N) is 2. The zero-order valence-corrected chi connectivity index (χ0v) is 17.7. The van der Waals surface area contributed by atoms with Crippen molar-refractivity contribution in [3.8, 4) is 0 Å². The number of dihydropyridines is 1. The first-order valence-electron chi connectivity index (χ1n) is 9.61. The summed E-state index contributed by atoms with van der Waals surface area (Å²) < 4.78 is 13.2. The van der Waals surface area contributed by atoms with Crippen LogP contribution >= 0.6 is 23.2 Å². The molecule has 1 atom stereocenters. The van der Waals surface area contributed by atoms with Crippen molar-refractivity contribution in [3.05, 3.63) is 86.4 Å². The maximum Gasteiger partial charge on any atom is 0.254 e. The molecular formula is C23H19Cl2FN2O2. The van der Waals surface area contributed by atoms with E-state index in [1.807, 2.05) is 0 Å². The molecule has 1 aliphatic carbocycles. The summed E-state index contributed by atoms with van der Waals surface area (Å²) in [5.74, 6) is -1.39. The van der Waals surface area contributed by atoms with E-state index in [9.17, 15) is 14.0 Å². The standard InChI is InChI=1S/C23H19Cl2FN2O2/c1-12-20(23(30)28-15-8-6-14(26)7-9-15)21(16-10-5-13(24)11-17(16)25)22-18(27-12)3-2-4-19(22)29/h5-11,21,27H,2-4H2,1H3,(H,28,30). The van der Waals surface area contributed by atoms with E-state index in [0.29, 0.717) is 44.6 Å². The molecule has 0 spiro atoms. The molecule has 2 N–H and O–H groups in total. The summed E-state index contributed by atoms with van der Waals surface area (Å²) in [5.41, 5.74) is 3.56. The molecule has 2 aromatic rings. The number of hydrogen-bond donors (Lipinski definition) is 2. The second-order valence-corrected chi connectivity index (χ2v) is 8.24. The number of hydrogen-bond acceptors (Lipinski definition) is 3. The summed E-state index contributed by atoms with van der Waals surface area (Å²) in [6, 6.07) is 10.6. The minimum Gasteiger partial charge on any atom is -0.362 e. The average molecular weight is 445 g/mol. The van der Waals surface area contributed by atoms with Gasteiger partial charge in [0.1, 0.15) is 5.82 Å². The molecule has 0 radical (unpaired) electrons. The number of ketones is 1. The van der Waals surface area contributed by atoms with Crippen molar-refractivity contribution in [1.29, 1.82) is 0 Å². The monoisotopic (exact) mass is 444 g/mol. The van der Waals surface area contributed by atoms with E-state index in [0.717, 1.165) is 18.5 Å². The molecule has 1 amide bonds. The Balaban J connectivity index is 1.81. The van der Waals surface area contributed by atoms with Crippen LogP contribution < -0.4 is 10.6 Å². The molecule has 4 nitrogen and oxygen atoms in total. The highest BCUT2D eigenvalue weighted by molar-refractivity contribution is 6.35. The average Bonchev–Trinajstić information content (AvgIpc) is 2.69. The lowest BCUT2D eigenvalue weighted by atomic mass is 9.75. The molecular weight excluding hydrogens is 426 g/mol. The van der Waals surface area contributed by atoms with Gasteiger partial charge in [-0.05, 0) is 61.7 Å². The molecule has 7 heteroatoms. The Morgan fingerprint density at radius 3 is 2.57 bits per heavy atom. The zero-order chi connectivity index (χ0) is 21.4. The van der Waals surface area contributed by atoms with Crippen LogP contribution in [-0.2, 0) is 9.59 Å². The fourth-order valence-electron chi connectivity index (χ4n) is 4.06. The Morgan fingerprint density at radius 1 is 1.13 bits per heavy atom. The van der Waals surface area contributed by atoms with Crippen molar-refractivity contribution in [2.45, 2.75) is 32.1 Å². The van der Waals surface area contributed by atoms with Gasteiger partial charge in [-0.1, -0.05) is 29.3 Å². The first-order valence-corrected chi connectivity index (χ1v) is 10.4. The summed E-state index contributed by atoms with van der Waals surface area (Å²) in [5, 5.41) is 6.92. The van der Waals surface area contributed by atoms with Crippen molar-refractivity contribution in [2.75, 3.05) is 5.32 Å². The molecule has 0 saturated heterocycles. The first kappa shape index (κ1) is 20.6. The molecule has 0 aromatic heterocycles. The normalized spacial score (nSPS) is 18.8. The number of allylic oxidation sites excluding steroid dienone is 3. The number of halogens is 3. The maximum absolute atomic E-state index is 13.3. The molecule has 2 aliphatic rings. The maximum atomic E-state index is 13.3. The molecule has 1 heterocycles. The van der Waals surface area contributed by atoms with Gasteiger partial charge >= 0.3 is 0 Å². The number of anilines is 1. The number of Topliss-reactive ketones (excluding diaryl/α,β-unsaturated/α-hetero) is 1. The highest BCUT2D eigenvalue weighted by Gasteiger charge is 2.39. The second kappa shape index (κ2) is 8.25.